The number of hydrogen-bond donors (Lipinski definition) is 1. The van der Waals surface area contributed by atoms with Crippen molar-refractivity contribution in [1.29, 1.82) is 0 Å². The lowest BCUT2D eigenvalue weighted by Crippen LogP contribution is -2.38. The number of fused-ring (bicyclic) bond motifs is 2. The van der Waals surface area contributed by atoms with Gasteiger partial charge in [0.1, 0.15) is 12.4 Å². The molecular formula is C29H33N3O3S. The molecule has 1 saturated carbocycles. The molecule has 1 aromatic heterocycles. The number of rotatable bonds is 7. The number of aryl methyl sites for hydroxylation is 1. The van der Waals surface area contributed by atoms with Crippen LogP contribution in [-0.4, -0.2) is 37.2 Å². The minimum absolute atomic E-state index is 0.00776. The molecule has 0 spiro atoms. The fourth-order valence-electron chi connectivity index (χ4n) is 5.77. The molecule has 3 heterocycles. The zero-order valence-corrected chi connectivity index (χ0v) is 21.8. The fourth-order valence-corrected chi connectivity index (χ4v) is 6.64. The Kier molecular flexibility index (Phi) is 6.21. The highest BCUT2D eigenvalue weighted by molar-refractivity contribution is 7.14. The molecule has 2 aliphatic heterocycles. The number of benzene rings is 2. The first-order valence-corrected chi connectivity index (χ1v) is 13.9. The average molecular weight is 504 g/mol. The van der Waals surface area contributed by atoms with Gasteiger partial charge in [0.15, 0.2) is 5.13 Å². The van der Waals surface area contributed by atoms with Gasteiger partial charge in [-0.05, 0) is 73.9 Å². The Bertz CT molecular complexity index is 1290. The lowest BCUT2D eigenvalue weighted by Gasteiger charge is -2.30. The fraction of sp³-hybridized carbons (Fsp3) is 0.448. The predicted molar refractivity (Wildman–Crippen MR) is 142 cm³/mol. The maximum absolute atomic E-state index is 12.4. The summed E-state index contributed by atoms with van der Waals surface area (Å²) in [6.07, 6.45) is 2.86. The first-order valence-electron chi connectivity index (χ1n) is 13.0. The third-order valence-electron chi connectivity index (χ3n) is 7.97. The molecule has 36 heavy (non-hydrogen) atoms. The number of thiazole rings is 1. The highest BCUT2D eigenvalue weighted by Gasteiger charge is 2.63. The minimum Gasteiger partial charge on any atom is -0.488 e. The SMILES string of the molecule is CCOC(=O)[C@@]12CCN(c3nc(-c4cccc(C)c4OCc4ccc5c(c4)CCNC5)cs3)CC1C2. The Morgan fingerprint density at radius 3 is 3.06 bits per heavy atom. The van der Waals surface area contributed by atoms with E-state index in [1.165, 1.54) is 16.7 Å². The van der Waals surface area contributed by atoms with Crippen LogP contribution in [0.4, 0.5) is 5.13 Å². The van der Waals surface area contributed by atoms with Crippen molar-refractivity contribution in [2.45, 2.75) is 46.3 Å². The lowest BCUT2D eigenvalue weighted by molar-refractivity contribution is -0.150. The van der Waals surface area contributed by atoms with Crippen LogP contribution in [-0.2, 0) is 29.1 Å². The van der Waals surface area contributed by atoms with E-state index < -0.39 is 0 Å². The van der Waals surface area contributed by atoms with E-state index in [1.807, 2.05) is 6.92 Å². The number of aromatic nitrogens is 1. The van der Waals surface area contributed by atoms with Crippen LogP contribution in [0.25, 0.3) is 11.3 Å². The Morgan fingerprint density at radius 2 is 2.19 bits per heavy atom. The van der Waals surface area contributed by atoms with Gasteiger partial charge in [0.05, 0.1) is 17.7 Å². The molecule has 2 atom stereocenters. The van der Waals surface area contributed by atoms with Crippen LogP contribution in [0.1, 0.15) is 42.0 Å². The summed E-state index contributed by atoms with van der Waals surface area (Å²) >= 11 is 1.67. The number of para-hydroxylation sites is 1. The average Bonchev–Trinajstić information content (AvgIpc) is 3.45. The summed E-state index contributed by atoms with van der Waals surface area (Å²) in [5, 5.41) is 6.58. The van der Waals surface area contributed by atoms with Gasteiger partial charge < -0.3 is 19.7 Å². The first-order chi connectivity index (χ1) is 17.6. The van der Waals surface area contributed by atoms with Crippen molar-refractivity contribution in [2.24, 2.45) is 11.3 Å². The zero-order valence-electron chi connectivity index (χ0n) is 21.0. The summed E-state index contributed by atoms with van der Waals surface area (Å²) < 4.78 is 11.8. The van der Waals surface area contributed by atoms with Crippen LogP contribution in [0.3, 0.4) is 0 Å². The monoisotopic (exact) mass is 503 g/mol. The first kappa shape index (κ1) is 23.5. The predicted octanol–water partition coefficient (Wildman–Crippen LogP) is 5.12. The highest BCUT2D eigenvalue weighted by atomic mass is 32.1. The molecule has 6 nitrogen and oxygen atoms in total. The second kappa shape index (κ2) is 9.52. The van der Waals surface area contributed by atoms with Crippen LogP contribution < -0.4 is 15.0 Å². The molecular weight excluding hydrogens is 470 g/mol. The maximum atomic E-state index is 12.4. The lowest BCUT2D eigenvalue weighted by atomic mass is 9.95. The normalized spacial score (nSPS) is 22.5. The van der Waals surface area contributed by atoms with Gasteiger partial charge in [-0.25, -0.2) is 4.98 Å². The Labute approximate surface area is 216 Å². The van der Waals surface area contributed by atoms with Gasteiger partial charge in [-0.1, -0.05) is 30.3 Å². The maximum Gasteiger partial charge on any atom is 0.312 e. The third-order valence-corrected chi connectivity index (χ3v) is 8.87. The van der Waals surface area contributed by atoms with Gasteiger partial charge >= 0.3 is 5.97 Å². The van der Waals surface area contributed by atoms with Crippen LogP contribution >= 0.6 is 11.3 Å². The summed E-state index contributed by atoms with van der Waals surface area (Å²) in [5.74, 6) is 1.27. The smallest absolute Gasteiger partial charge is 0.312 e. The van der Waals surface area contributed by atoms with Gasteiger partial charge in [0.25, 0.3) is 0 Å². The summed E-state index contributed by atoms with van der Waals surface area (Å²) in [6.45, 7) is 8.67. The molecule has 3 aliphatic rings. The van der Waals surface area contributed by atoms with E-state index in [2.05, 4.69) is 58.9 Å². The third kappa shape index (κ3) is 4.28. The summed E-state index contributed by atoms with van der Waals surface area (Å²) in [5.41, 5.74) is 6.86. The van der Waals surface area contributed by atoms with Crippen molar-refractivity contribution in [3.8, 4) is 17.0 Å². The summed E-state index contributed by atoms with van der Waals surface area (Å²) in [6, 6.07) is 13.0. The van der Waals surface area contributed by atoms with Crippen molar-refractivity contribution in [2.75, 3.05) is 31.1 Å². The van der Waals surface area contributed by atoms with Crippen LogP contribution in [0, 0.1) is 18.3 Å². The number of nitrogens with zero attached hydrogens (tertiary/aromatic N) is 2. The number of esters is 1. The minimum atomic E-state index is -0.239. The molecule has 1 unspecified atom stereocenters. The van der Waals surface area contributed by atoms with Crippen LogP contribution in [0.5, 0.6) is 5.75 Å². The van der Waals surface area contributed by atoms with Crippen molar-refractivity contribution in [3.05, 3.63) is 64.0 Å². The second-order valence-electron chi connectivity index (χ2n) is 10.3. The summed E-state index contributed by atoms with van der Waals surface area (Å²) in [4.78, 5) is 19.8. The number of carbonyl (C=O) groups is 1. The Morgan fingerprint density at radius 1 is 1.28 bits per heavy atom. The number of anilines is 1. The van der Waals surface area contributed by atoms with E-state index >= 15 is 0 Å². The van der Waals surface area contributed by atoms with Crippen molar-refractivity contribution in [3.63, 3.8) is 0 Å². The second-order valence-corrected chi connectivity index (χ2v) is 11.1. The molecule has 0 bridgehead atoms. The Balaban J connectivity index is 1.17. The number of nitrogens with one attached hydrogen (secondary N) is 1. The van der Waals surface area contributed by atoms with Crippen LogP contribution in [0.15, 0.2) is 41.8 Å². The van der Waals surface area contributed by atoms with E-state index in [-0.39, 0.29) is 11.4 Å². The summed E-state index contributed by atoms with van der Waals surface area (Å²) in [7, 11) is 0. The molecule has 3 aromatic rings. The van der Waals surface area contributed by atoms with E-state index in [1.54, 1.807) is 11.3 Å². The molecule has 6 rings (SSSR count). The van der Waals surface area contributed by atoms with Crippen molar-refractivity contribution in [1.82, 2.24) is 10.3 Å². The largest absolute Gasteiger partial charge is 0.488 e. The van der Waals surface area contributed by atoms with E-state index in [0.29, 0.717) is 19.1 Å². The van der Waals surface area contributed by atoms with Crippen LogP contribution in [0.2, 0.25) is 0 Å². The standard InChI is InChI=1S/C29H33N3O3S/c1-3-34-27(33)29-10-12-32(16-23(29)14-29)28-31-25(18-36-28)24-6-4-5-19(2)26(24)35-17-20-7-8-22-15-30-11-9-21(22)13-20/h4-8,13,18,23,30H,3,9-12,14-17H2,1-2H3/t23?,29-/m1/s1. The van der Waals surface area contributed by atoms with Gasteiger partial charge in [-0.3, -0.25) is 4.79 Å². The molecule has 0 radical (unpaired) electrons. The number of piperidine rings is 1. The number of ether oxygens (including phenoxy) is 2. The van der Waals surface area contributed by atoms with Gasteiger partial charge in [0.2, 0.25) is 0 Å². The van der Waals surface area contributed by atoms with E-state index in [4.69, 9.17) is 14.5 Å². The molecule has 2 aromatic carbocycles. The highest BCUT2D eigenvalue weighted by Crippen LogP contribution is 2.59. The zero-order chi connectivity index (χ0) is 24.7. The quantitative estimate of drug-likeness (QED) is 0.452. The van der Waals surface area contributed by atoms with Crippen molar-refractivity contribution < 1.29 is 14.3 Å². The molecule has 2 fully saturated rings. The van der Waals surface area contributed by atoms with E-state index in [0.717, 1.165) is 73.1 Å². The molecule has 188 valence electrons. The van der Waals surface area contributed by atoms with E-state index in [9.17, 15) is 4.79 Å². The molecule has 1 saturated heterocycles. The number of hydrogen-bond acceptors (Lipinski definition) is 7. The Hall–Kier alpha value is -2.90. The number of carbonyl (C=O) groups excluding carboxylic acids is 1. The van der Waals surface area contributed by atoms with Crippen molar-refractivity contribution >= 4 is 22.4 Å². The van der Waals surface area contributed by atoms with Gasteiger partial charge in [0, 0.05) is 30.6 Å². The molecule has 7 heteroatoms. The molecule has 1 N–H and O–H groups in total. The molecule has 1 aliphatic carbocycles. The van der Waals surface area contributed by atoms with Gasteiger partial charge in [-0.15, -0.1) is 11.3 Å². The topological polar surface area (TPSA) is 63.7 Å². The van der Waals surface area contributed by atoms with Gasteiger partial charge in [-0.2, -0.15) is 0 Å². The molecule has 0 amide bonds.